The molecular weight excluding hydrogens is 312 g/mol. The fourth-order valence-corrected chi connectivity index (χ4v) is 2.78. The second-order valence-corrected chi connectivity index (χ2v) is 7.34. The number of hydrogen-bond donors (Lipinski definition) is 2. The second kappa shape index (κ2) is 7.51. The highest BCUT2D eigenvalue weighted by atomic mass is 16.2. The summed E-state index contributed by atoms with van der Waals surface area (Å²) in [4.78, 5) is 24.5. The monoisotopic (exact) mass is 338 g/mol. The summed E-state index contributed by atoms with van der Waals surface area (Å²) < 4.78 is 0. The van der Waals surface area contributed by atoms with Crippen molar-refractivity contribution < 1.29 is 9.59 Å². The Morgan fingerprint density at radius 1 is 0.840 bits per heavy atom. The van der Waals surface area contributed by atoms with Gasteiger partial charge in [-0.2, -0.15) is 0 Å². The maximum absolute atomic E-state index is 12.3. The zero-order valence-electron chi connectivity index (χ0n) is 15.6. The van der Waals surface area contributed by atoms with Crippen LogP contribution in [0.15, 0.2) is 42.5 Å². The third kappa shape index (κ3) is 4.92. The Balaban J connectivity index is 2.05. The molecule has 0 spiro atoms. The zero-order chi connectivity index (χ0) is 18.6. The minimum atomic E-state index is -0.319. The second-order valence-electron chi connectivity index (χ2n) is 7.34. The molecule has 4 nitrogen and oxygen atoms in total. The van der Waals surface area contributed by atoms with Crippen LogP contribution in [0.2, 0.25) is 0 Å². The number of anilines is 2. The molecule has 0 aliphatic heterocycles. The van der Waals surface area contributed by atoms with Crippen molar-refractivity contribution in [3.8, 4) is 0 Å². The van der Waals surface area contributed by atoms with E-state index in [-0.39, 0.29) is 23.7 Å². The first-order valence-corrected chi connectivity index (χ1v) is 8.44. The number of para-hydroxylation sites is 2. The van der Waals surface area contributed by atoms with Crippen molar-refractivity contribution in [2.45, 2.75) is 46.5 Å². The van der Waals surface area contributed by atoms with Gasteiger partial charge in [0.25, 0.3) is 0 Å². The molecule has 2 N–H and O–H groups in total. The highest BCUT2D eigenvalue weighted by Crippen LogP contribution is 2.29. The van der Waals surface area contributed by atoms with Crippen LogP contribution in [0.25, 0.3) is 0 Å². The highest BCUT2D eigenvalue weighted by Gasteiger charge is 2.19. The van der Waals surface area contributed by atoms with Crippen LogP contribution < -0.4 is 10.6 Å². The lowest BCUT2D eigenvalue weighted by Gasteiger charge is -2.23. The number of benzene rings is 2. The van der Waals surface area contributed by atoms with Crippen molar-refractivity contribution >= 4 is 23.2 Å². The van der Waals surface area contributed by atoms with Gasteiger partial charge >= 0.3 is 0 Å². The first-order valence-electron chi connectivity index (χ1n) is 8.44. The molecule has 0 heterocycles. The Bertz CT molecular complexity index is 768. The van der Waals surface area contributed by atoms with Crippen LogP contribution in [-0.2, 0) is 15.0 Å². The van der Waals surface area contributed by atoms with Crippen LogP contribution >= 0.6 is 0 Å². The molecule has 2 rings (SSSR count). The Kier molecular flexibility index (Phi) is 5.62. The van der Waals surface area contributed by atoms with E-state index in [0.717, 1.165) is 28.1 Å². The summed E-state index contributed by atoms with van der Waals surface area (Å²) in [6, 6.07) is 13.5. The normalized spacial score (nSPS) is 11.1. The standard InChI is InChI=1S/C21H26N2O2/c1-14-9-8-10-15(2)20(14)23-19(25)13-18(24)22-17-12-7-6-11-16(17)21(3,4)5/h6-12H,13H2,1-5H3,(H,22,24)(H,23,25). The van der Waals surface area contributed by atoms with Crippen LogP contribution in [-0.4, -0.2) is 11.8 Å². The van der Waals surface area contributed by atoms with E-state index < -0.39 is 0 Å². The predicted molar refractivity (Wildman–Crippen MR) is 103 cm³/mol. The van der Waals surface area contributed by atoms with E-state index in [9.17, 15) is 9.59 Å². The Morgan fingerprint density at radius 2 is 1.40 bits per heavy atom. The van der Waals surface area contributed by atoms with Gasteiger partial charge in [0, 0.05) is 11.4 Å². The predicted octanol–water partition coefficient (Wildman–Crippen LogP) is 4.57. The van der Waals surface area contributed by atoms with Crippen LogP contribution in [0.5, 0.6) is 0 Å². The van der Waals surface area contributed by atoms with Crippen molar-refractivity contribution in [2.24, 2.45) is 0 Å². The molecule has 2 amide bonds. The topological polar surface area (TPSA) is 58.2 Å². The number of hydrogen-bond acceptors (Lipinski definition) is 2. The van der Waals surface area contributed by atoms with Gasteiger partial charge in [0.2, 0.25) is 11.8 Å². The van der Waals surface area contributed by atoms with Crippen molar-refractivity contribution in [2.75, 3.05) is 10.6 Å². The molecule has 0 radical (unpaired) electrons. The van der Waals surface area contributed by atoms with E-state index in [2.05, 4.69) is 31.4 Å². The van der Waals surface area contributed by atoms with Gasteiger partial charge in [-0.3, -0.25) is 9.59 Å². The summed E-state index contributed by atoms with van der Waals surface area (Å²) in [5.74, 6) is -0.636. The van der Waals surface area contributed by atoms with Crippen molar-refractivity contribution in [1.82, 2.24) is 0 Å². The number of carbonyl (C=O) groups is 2. The number of amides is 2. The molecule has 132 valence electrons. The summed E-state index contributed by atoms with van der Waals surface area (Å²) in [7, 11) is 0. The lowest BCUT2D eigenvalue weighted by Crippen LogP contribution is -2.24. The number of aryl methyl sites for hydroxylation is 2. The summed E-state index contributed by atoms with van der Waals surface area (Å²) in [5, 5.41) is 5.70. The van der Waals surface area contributed by atoms with Gasteiger partial charge in [-0.25, -0.2) is 0 Å². The number of carbonyl (C=O) groups excluding carboxylic acids is 2. The average molecular weight is 338 g/mol. The van der Waals surface area contributed by atoms with Crippen molar-refractivity contribution in [3.05, 3.63) is 59.2 Å². The number of nitrogens with one attached hydrogen (secondary N) is 2. The molecule has 2 aromatic carbocycles. The molecular formula is C21H26N2O2. The van der Waals surface area contributed by atoms with E-state index in [0.29, 0.717) is 0 Å². The zero-order valence-corrected chi connectivity index (χ0v) is 15.6. The summed E-state index contributed by atoms with van der Waals surface area (Å²) in [6.45, 7) is 10.1. The lowest BCUT2D eigenvalue weighted by molar-refractivity contribution is -0.123. The number of rotatable bonds is 4. The van der Waals surface area contributed by atoms with Gasteiger partial charge in [0.05, 0.1) is 0 Å². The van der Waals surface area contributed by atoms with Crippen LogP contribution in [0, 0.1) is 13.8 Å². The minimum absolute atomic E-state index is 0.0929. The quantitative estimate of drug-likeness (QED) is 0.802. The maximum Gasteiger partial charge on any atom is 0.233 e. The molecule has 0 unspecified atom stereocenters. The van der Waals surface area contributed by atoms with Gasteiger partial charge in [-0.05, 0) is 42.0 Å². The molecule has 0 saturated carbocycles. The van der Waals surface area contributed by atoms with E-state index in [1.54, 1.807) is 0 Å². The minimum Gasteiger partial charge on any atom is -0.325 e. The molecule has 2 aromatic rings. The summed E-state index contributed by atoms with van der Waals surface area (Å²) >= 11 is 0. The molecule has 0 aliphatic rings. The third-order valence-corrected chi connectivity index (χ3v) is 4.08. The van der Waals surface area contributed by atoms with E-state index in [1.165, 1.54) is 0 Å². The lowest BCUT2D eigenvalue weighted by atomic mass is 9.86. The fraction of sp³-hybridized carbons (Fsp3) is 0.333. The van der Waals surface area contributed by atoms with Crippen LogP contribution in [0.4, 0.5) is 11.4 Å². The molecule has 4 heteroatoms. The summed E-state index contributed by atoms with van der Waals surface area (Å²) in [5.41, 5.74) is 4.43. The molecule has 0 saturated heterocycles. The Hall–Kier alpha value is -2.62. The average Bonchev–Trinajstić information content (AvgIpc) is 2.50. The van der Waals surface area contributed by atoms with Gasteiger partial charge in [0.1, 0.15) is 6.42 Å². The van der Waals surface area contributed by atoms with Gasteiger partial charge in [-0.1, -0.05) is 57.2 Å². The molecule has 0 atom stereocenters. The summed E-state index contributed by atoms with van der Waals surface area (Å²) in [6.07, 6.45) is -0.216. The van der Waals surface area contributed by atoms with Crippen LogP contribution in [0.3, 0.4) is 0 Å². The Labute approximate surface area is 149 Å². The first-order chi connectivity index (χ1) is 11.7. The van der Waals surface area contributed by atoms with Gasteiger partial charge in [0.15, 0.2) is 0 Å². The molecule has 0 aromatic heterocycles. The van der Waals surface area contributed by atoms with E-state index in [4.69, 9.17) is 0 Å². The fourth-order valence-electron chi connectivity index (χ4n) is 2.78. The maximum atomic E-state index is 12.3. The molecule has 0 aliphatic carbocycles. The highest BCUT2D eigenvalue weighted by molar-refractivity contribution is 6.08. The van der Waals surface area contributed by atoms with E-state index >= 15 is 0 Å². The van der Waals surface area contributed by atoms with Gasteiger partial charge in [-0.15, -0.1) is 0 Å². The van der Waals surface area contributed by atoms with Gasteiger partial charge < -0.3 is 10.6 Å². The first kappa shape index (κ1) is 18.7. The van der Waals surface area contributed by atoms with Crippen LogP contribution in [0.1, 0.15) is 43.9 Å². The SMILES string of the molecule is Cc1cccc(C)c1NC(=O)CC(=O)Nc1ccccc1C(C)(C)C. The van der Waals surface area contributed by atoms with E-state index in [1.807, 2.05) is 56.3 Å². The third-order valence-electron chi connectivity index (χ3n) is 4.08. The smallest absolute Gasteiger partial charge is 0.233 e. The van der Waals surface area contributed by atoms with Crippen molar-refractivity contribution in [3.63, 3.8) is 0 Å². The largest absolute Gasteiger partial charge is 0.325 e. The molecule has 0 fully saturated rings. The van der Waals surface area contributed by atoms with Crippen molar-refractivity contribution in [1.29, 1.82) is 0 Å². The molecule has 0 bridgehead atoms. The Morgan fingerprint density at radius 3 is 2.00 bits per heavy atom. The molecule has 25 heavy (non-hydrogen) atoms.